The van der Waals surface area contributed by atoms with Crippen molar-refractivity contribution in [2.45, 2.75) is 0 Å². The molecule has 106 heavy (non-hydrogen) atoms. The van der Waals surface area contributed by atoms with Gasteiger partial charge in [0, 0.05) is 77.8 Å². The van der Waals surface area contributed by atoms with E-state index in [9.17, 15) is 0 Å². The molecule has 0 N–H and O–H groups in total. The number of para-hydroxylation sites is 10. The van der Waals surface area contributed by atoms with E-state index in [4.69, 9.17) is 0 Å². The van der Waals surface area contributed by atoms with Gasteiger partial charge in [0.15, 0.2) is 14.3 Å². The molecule has 18 aromatic rings. The van der Waals surface area contributed by atoms with Gasteiger partial charge in [-0.2, -0.15) is 0 Å². The normalized spacial score (nSPS) is 16.5. The van der Waals surface area contributed by atoms with Gasteiger partial charge >= 0.3 is 0 Å². The topological polar surface area (TPSA) is 63.4 Å². The summed E-state index contributed by atoms with van der Waals surface area (Å²) in [5.41, 5.74) is 21.5. The van der Waals surface area contributed by atoms with Crippen LogP contribution in [0, 0.1) is 0 Å². The molecule has 0 aliphatic carbocycles. The number of fused-ring (bicyclic) bond motifs is 11. The van der Waals surface area contributed by atoms with Crippen molar-refractivity contribution in [1.82, 2.24) is 9.13 Å². The smallest absolute Gasteiger partial charge is 0.183 e. The van der Waals surface area contributed by atoms with Gasteiger partial charge in [-0.3, -0.25) is 0 Å². The van der Waals surface area contributed by atoms with Crippen LogP contribution in [0.3, 0.4) is 0 Å². The van der Waals surface area contributed by atoms with E-state index in [-0.39, 0.29) is 0 Å². The molecule has 0 fully saturated rings. The second-order valence-corrected chi connectivity index (χ2v) is 33.3. The van der Waals surface area contributed by atoms with Gasteiger partial charge in [-0.15, -0.1) is 0 Å². The van der Waals surface area contributed by atoms with E-state index in [0.29, 0.717) is 0 Å². The third-order valence-electron chi connectivity index (χ3n) is 22.9. The minimum absolute atomic E-state index is 0.735. The van der Waals surface area contributed by atoms with E-state index in [2.05, 4.69) is 390 Å². The van der Waals surface area contributed by atoms with Crippen molar-refractivity contribution in [2.24, 2.45) is 0 Å². The Morgan fingerprint density at radius 2 is 0.425 bits per heavy atom. The molecule has 0 bridgehead atoms. The summed E-state index contributed by atoms with van der Waals surface area (Å²) in [6.45, 7) is 0. The van der Waals surface area contributed by atoms with Crippen LogP contribution in [0.15, 0.2) is 352 Å². The van der Waals surface area contributed by atoms with E-state index in [1.54, 1.807) is 0 Å². The Morgan fingerprint density at radius 1 is 0.179 bits per heavy atom. The van der Waals surface area contributed by atoms with Crippen LogP contribution in [0.1, 0.15) is 0 Å². The first-order valence-electron chi connectivity index (χ1n) is 36.1. The van der Waals surface area contributed by atoms with E-state index < -0.39 is 14.3 Å². The predicted octanol–water partition coefficient (Wildman–Crippen LogP) is 23.0. The summed E-state index contributed by atoms with van der Waals surface area (Å²) in [7, 11) is -8.32. The van der Waals surface area contributed by atoms with Crippen molar-refractivity contribution >= 4 is 203 Å². The Hall–Kier alpha value is -13.4. The highest BCUT2D eigenvalue weighted by atomic mass is 31.2. The lowest BCUT2D eigenvalue weighted by molar-refractivity contribution is 0.591. The van der Waals surface area contributed by atoms with Crippen LogP contribution < -0.4 is 61.2 Å². The SMILES string of the molecule is O=P12c3c4cccc3N(c3ccccc3)c3c1c(cc1c3c3ccccc3n1-c1ccccc1)N(c1ccccc1)c1cc3c5c6c(cc3c(c12)N4c1ccccc1)N(c1ccccc1)c1cc2c(c3c1P6(=O)c1c(cccc1N3c1ccccc1)N5c1ccccc1)c1ccccc1n2-c1ccccc1. The molecular formula is C94H58N8O2P2. The summed E-state index contributed by atoms with van der Waals surface area (Å²) in [5.74, 6) is 0. The molecule has 0 spiro atoms. The molecule has 0 amide bonds. The lowest BCUT2D eigenvalue weighted by Gasteiger charge is -2.52. The molecule has 8 heterocycles. The second kappa shape index (κ2) is 21.2. The average Bonchev–Trinajstić information content (AvgIpc) is 0.907. The molecule has 2 atom stereocenters. The molecule has 16 aromatic carbocycles. The van der Waals surface area contributed by atoms with Gasteiger partial charge in [0.05, 0.1) is 122 Å². The zero-order valence-electron chi connectivity index (χ0n) is 56.8. The van der Waals surface area contributed by atoms with Crippen LogP contribution in [0.5, 0.6) is 0 Å². The lowest BCUT2D eigenvalue weighted by Crippen LogP contribution is -2.49. The van der Waals surface area contributed by atoms with E-state index in [1.165, 1.54) is 0 Å². The highest BCUT2D eigenvalue weighted by Crippen LogP contribution is 2.73. The van der Waals surface area contributed by atoms with E-state index in [1.807, 2.05) is 0 Å². The van der Waals surface area contributed by atoms with Gasteiger partial charge in [0.2, 0.25) is 0 Å². The maximum Gasteiger partial charge on any atom is 0.183 e. The van der Waals surface area contributed by atoms with Crippen LogP contribution in [-0.4, -0.2) is 9.13 Å². The fraction of sp³-hybridized carbons (Fsp3) is 0. The number of anilines is 18. The Balaban J connectivity index is 0.936. The van der Waals surface area contributed by atoms with Gasteiger partial charge in [-0.05, 0) is 158 Å². The van der Waals surface area contributed by atoms with Gasteiger partial charge in [0.25, 0.3) is 0 Å². The Labute approximate surface area is 609 Å². The van der Waals surface area contributed by atoms with Crippen LogP contribution in [0.2, 0.25) is 0 Å². The molecule has 0 radical (unpaired) electrons. The third-order valence-corrected chi connectivity index (χ3v) is 29.3. The average molecular weight is 1390 g/mol. The monoisotopic (exact) mass is 1390 g/mol. The number of benzene rings is 16. The highest BCUT2D eigenvalue weighted by molar-refractivity contribution is 7.88. The highest BCUT2D eigenvalue weighted by Gasteiger charge is 2.60. The molecule has 2 aromatic heterocycles. The molecular weight excluding hydrogens is 1340 g/mol. The summed E-state index contributed by atoms with van der Waals surface area (Å²) in [4.78, 5) is 14.5. The van der Waals surface area contributed by atoms with Crippen molar-refractivity contribution in [1.29, 1.82) is 0 Å². The number of hydrogen-bond donors (Lipinski definition) is 0. The molecule has 0 saturated heterocycles. The molecule has 0 saturated carbocycles. The maximum atomic E-state index is 19.7. The first-order valence-corrected chi connectivity index (χ1v) is 39.5. The minimum Gasteiger partial charge on any atom is -0.309 e. The predicted molar refractivity (Wildman–Crippen MR) is 441 cm³/mol. The van der Waals surface area contributed by atoms with Crippen LogP contribution >= 0.6 is 14.3 Å². The minimum atomic E-state index is -4.16. The molecule has 6 aliphatic heterocycles. The number of hydrogen-bond acceptors (Lipinski definition) is 8. The molecule has 24 rings (SSSR count). The van der Waals surface area contributed by atoms with Gasteiger partial charge < -0.3 is 47.7 Å². The Morgan fingerprint density at radius 3 is 0.736 bits per heavy atom. The molecule has 2 unspecified atom stereocenters. The molecule has 12 heteroatoms. The van der Waals surface area contributed by atoms with Crippen molar-refractivity contribution in [2.75, 3.05) is 29.4 Å². The van der Waals surface area contributed by atoms with E-state index >= 15 is 9.13 Å². The van der Waals surface area contributed by atoms with Crippen LogP contribution in [0.25, 0.3) is 65.8 Å². The van der Waals surface area contributed by atoms with Crippen molar-refractivity contribution in [3.8, 4) is 11.4 Å². The lowest BCUT2D eigenvalue weighted by atomic mass is 9.96. The van der Waals surface area contributed by atoms with Gasteiger partial charge in [-0.25, -0.2) is 0 Å². The zero-order chi connectivity index (χ0) is 69.4. The first-order chi connectivity index (χ1) is 52.5. The molecule has 496 valence electrons. The van der Waals surface area contributed by atoms with Crippen molar-refractivity contribution in [3.05, 3.63) is 352 Å². The summed E-state index contributed by atoms with van der Waals surface area (Å²) in [6.07, 6.45) is 0. The van der Waals surface area contributed by atoms with E-state index in [0.717, 1.165) is 200 Å². The van der Waals surface area contributed by atoms with Crippen molar-refractivity contribution in [3.63, 3.8) is 0 Å². The summed E-state index contributed by atoms with van der Waals surface area (Å²) >= 11 is 0. The van der Waals surface area contributed by atoms with Gasteiger partial charge in [-0.1, -0.05) is 194 Å². The third kappa shape index (κ3) is 7.26. The number of nitrogens with zero attached hydrogens (tertiary/aromatic N) is 8. The summed E-state index contributed by atoms with van der Waals surface area (Å²) in [5, 5.41) is 10.4. The Kier molecular flexibility index (Phi) is 11.6. The fourth-order valence-electron chi connectivity index (χ4n) is 19.1. The van der Waals surface area contributed by atoms with Crippen LogP contribution in [0.4, 0.5) is 102 Å². The van der Waals surface area contributed by atoms with Crippen molar-refractivity contribution < 1.29 is 9.13 Å². The largest absolute Gasteiger partial charge is 0.309 e. The molecule has 10 nitrogen and oxygen atoms in total. The maximum absolute atomic E-state index is 19.7. The molecule has 6 aliphatic rings. The summed E-state index contributed by atoms with van der Waals surface area (Å²) < 4.78 is 44.1. The fourth-order valence-corrected chi connectivity index (χ4v) is 26.4. The number of rotatable bonds is 8. The standard InChI is InChI=1S/C94H58N8O2P2/c103-105-89-73-51-29-53-75(89)101(65-43-21-7-22-44-65)87-83-67-47-25-27-49-71(67)95(59-31-9-1-10-32-59)77(83)57-81(93(87)105)97(61-35-13-3-14-36-61)79-55-69-70(85(91(79)105)99(73)63-39-17-5-18-40-63)56-80-92-86(69)100(64-41-19-6-20-42-64)74-52-30-54-76-90(74)106(92,104)94-82(98(80)62-37-15-4-16-38-62)58-78-84(88(94)102(76)66-45-23-8-24-46-66)68-48-26-28-50-72(68)96(78)60-33-11-2-12-34-60/h1-58H. The number of aromatic nitrogens is 2. The van der Waals surface area contributed by atoms with Crippen LogP contribution in [-0.2, 0) is 9.13 Å². The quantitative estimate of drug-likeness (QED) is 0.140. The van der Waals surface area contributed by atoms with Gasteiger partial charge in [0.1, 0.15) is 0 Å². The summed E-state index contributed by atoms with van der Waals surface area (Å²) in [6, 6.07) is 125. The second-order valence-electron chi connectivity index (χ2n) is 28.2. The Bertz CT molecular complexity index is 6560. The zero-order valence-corrected chi connectivity index (χ0v) is 58.6. The first kappa shape index (κ1) is 58.2.